The van der Waals surface area contributed by atoms with Gasteiger partial charge in [0.15, 0.2) is 5.13 Å². The first-order valence-corrected chi connectivity index (χ1v) is 10.8. The predicted molar refractivity (Wildman–Crippen MR) is 118 cm³/mol. The number of benzene rings is 2. The lowest BCUT2D eigenvalue weighted by Crippen LogP contribution is -2.33. The molecule has 0 bridgehead atoms. The van der Waals surface area contributed by atoms with E-state index in [9.17, 15) is 22.8 Å². The van der Waals surface area contributed by atoms with Crippen LogP contribution in [-0.4, -0.2) is 43.8 Å². The number of ether oxygens (including phenoxy) is 2. The summed E-state index contributed by atoms with van der Waals surface area (Å²) >= 11 is 1.22. The fourth-order valence-electron chi connectivity index (χ4n) is 3.35. The first-order valence-electron chi connectivity index (χ1n) is 9.88. The molecule has 0 saturated carbocycles. The molecule has 1 N–H and O–H groups in total. The second kappa shape index (κ2) is 9.21. The number of fused-ring (bicyclic) bond motifs is 1. The minimum absolute atomic E-state index is 0.114. The van der Waals surface area contributed by atoms with Gasteiger partial charge in [0, 0.05) is 22.6 Å². The summed E-state index contributed by atoms with van der Waals surface area (Å²) in [4.78, 5) is 32.7. The van der Waals surface area contributed by atoms with E-state index in [4.69, 9.17) is 9.47 Å². The number of hydrogen-bond donors (Lipinski definition) is 1. The average Bonchev–Trinajstić information content (AvgIpc) is 3.44. The Labute approximate surface area is 195 Å². The van der Waals surface area contributed by atoms with Crippen LogP contribution < -0.4 is 19.9 Å². The Morgan fingerprint density at radius 2 is 1.79 bits per heavy atom. The number of halogens is 3. The van der Waals surface area contributed by atoms with Gasteiger partial charge in [0.2, 0.25) is 0 Å². The van der Waals surface area contributed by atoms with E-state index in [1.54, 1.807) is 41.8 Å². The Morgan fingerprint density at radius 1 is 1.09 bits per heavy atom. The van der Waals surface area contributed by atoms with E-state index in [0.717, 1.165) is 10.6 Å². The van der Waals surface area contributed by atoms with E-state index in [-0.39, 0.29) is 6.54 Å². The maximum absolute atomic E-state index is 12.7. The number of carbonyl (C=O) groups excluding carboxylic acids is 2. The molecule has 0 saturated heterocycles. The molecule has 8 nitrogen and oxygen atoms in total. The molecule has 1 amide bonds. The van der Waals surface area contributed by atoms with Crippen LogP contribution in [0.1, 0.15) is 15.9 Å². The molecule has 34 heavy (non-hydrogen) atoms. The molecule has 1 aromatic heterocycles. The van der Waals surface area contributed by atoms with Gasteiger partial charge in [0.25, 0.3) is 5.91 Å². The maximum atomic E-state index is 12.7. The van der Waals surface area contributed by atoms with Crippen molar-refractivity contribution in [2.24, 2.45) is 0 Å². The fraction of sp³-hybridized carbons (Fsp3) is 0.227. The van der Waals surface area contributed by atoms with Crippen molar-refractivity contribution >= 4 is 34.0 Å². The summed E-state index contributed by atoms with van der Waals surface area (Å²) in [6.45, 7) is 0.114. The second-order valence-corrected chi connectivity index (χ2v) is 8.02. The van der Waals surface area contributed by atoms with Gasteiger partial charge in [-0.25, -0.2) is 14.8 Å². The number of hydrogen-bond acceptors (Lipinski definition) is 8. The van der Waals surface area contributed by atoms with Crippen molar-refractivity contribution in [3.05, 3.63) is 52.9 Å². The molecule has 0 unspecified atom stereocenters. The molecule has 2 heterocycles. The normalized spacial score (nSPS) is 12.8. The lowest BCUT2D eigenvalue weighted by Gasteiger charge is -2.18. The van der Waals surface area contributed by atoms with E-state index in [1.165, 1.54) is 25.6 Å². The van der Waals surface area contributed by atoms with Crippen LogP contribution in [0.4, 0.5) is 24.0 Å². The number of nitrogens with one attached hydrogen (secondary N) is 1. The van der Waals surface area contributed by atoms with E-state index in [0.29, 0.717) is 45.6 Å². The SMILES string of the molecule is COc1cc(OC)cc(C(=O)Nc2nc(-c3ccc4c(c3)CCN4OC(=O)C(F)(F)F)cs2)c1. The molecule has 178 valence electrons. The molecule has 1 aliphatic heterocycles. The monoisotopic (exact) mass is 493 g/mol. The highest BCUT2D eigenvalue weighted by Crippen LogP contribution is 2.34. The summed E-state index contributed by atoms with van der Waals surface area (Å²) in [6.07, 6.45) is -4.67. The predicted octanol–water partition coefficient (Wildman–Crippen LogP) is 4.46. The van der Waals surface area contributed by atoms with Crippen LogP contribution in [0, 0.1) is 0 Å². The number of hydroxylamine groups is 1. The molecule has 1 aliphatic rings. The van der Waals surface area contributed by atoms with Crippen LogP contribution in [0.25, 0.3) is 11.3 Å². The van der Waals surface area contributed by atoms with Crippen molar-refractivity contribution in [1.29, 1.82) is 0 Å². The van der Waals surface area contributed by atoms with Crippen molar-refractivity contribution in [3.63, 3.8) is 0 Å². The summed E-state index contributed by atoms with van der Waals surface area (Å²) in [7, 11) is 2.97. The molecule has 0 aliphatic carbocycles. The summed E-state index contributed by atoms with van der Waals surface area (Å²) in [5.74, 6) is -1.72. The lowest BCUT2D eigenvalue weighted by molar-refractivity contribution is -0.201. The quantitative estimate of drug-likeness (QED) is 0.542. The van der Waals surface area contributed by atoms with E-state index < -0.39 is 18.1 Å². The van der Waals surface area contributed by atoms with Crippen molar-refractivity contribution in [1.82, 2.24) is 4.98 Å². The Bertz CT molecular complexity index is 1220. The minimum atomic E-state index is -5.07. The van der Waals surface area contributed by atoms with Crippen LogP contribution in [0.3, 0.4) is 0 Å². The summed E-state index contributed by atoms with van der Waals surface area (Å²) in [5.41, 5.74) is 2.73. The Hall–Kier alpha value is -3.80. The van der Waals surface area contributed by atoms with Gasteiger partial charge in [-0.2, -0.15) is 13.2 Å². The number of thiazole rings is 1. The zero-order chi connectivity index (χ0) is 24.5. The molecule has 0 atom stereocenters. The number of methoxy groups -OCH3 is 2. The molecule has 2 aromatic carbocycles. The molecule has 4 rings (SSSR count). The Kier molecular flexibility index (Phi) is 6.33. The van der Waals surface area contributed by atoms with E-state index >= 15 is 0 Å². The second-order valence-electron chi connectivity index (χ2n) is 7.17. The van der Waals surface area contributed by atoms with Gasteiger partial charge >= 0.3 is 12.1 Å². The number of anilines is 2. The van der Waals surface area contributed by atoms with E-state index in [2.05, 4.69) is 15.1 Å². The maximum Gasteiger partial charge on any atom is 0.493 e. The van der Waals surface area contributed by atoms with Crippen LogP contribution >= 0.6 is 11.3 Å². The molecular formula is C22H18F3N3O5S. The van der Waals surface area contributed by atoms with Gasteiger partial charge in [-0.15, -0.1) is 11.3 Å². The number of carbonyl (C=O) groups is 2. The summed E-state index contributed by atoms with van der Waals surface area (Å²) in [6, 6.07) is 9.80. The average molecular weight is 493 g/mol. The zero-order valence-corrected chi connectivity index (χ0v) is 18.7. The van der Waals surface area contributed by atoms with Crippen LogP contribution in [-0.2, 0) is 16.1 Å². The number of aromatic nitrogens is 1. The molecule has 12 heteroatoms. The van der Waals surface area contributed by atoms with Crippen molar-refractivity contribution in [2.75, 3.05) is 31.1 Å². The molecule has 0 radical (unpaired) electrons. The van der Waals surface area contributed by atoms with E-state index in [1.807, 2.05) is 0 Å². The highest BCUT2D eigenvalue weighted by atomic mass is 32.1. The summed E-state index contributed by atoms with van der Waals surface area (Å²) < 4.78 is 47.8. The number of nitrogens with zero attached hydrogens (tertiary/aromatic N) is 2. The first kappa shape index (κ1) is 23.4. The highest BCUT2D eigenvalue weighted by Gasteiger charge is 2.43. The Balaban J connectivity index is 1.48. The third-order valence-corrected chi connectivity index (χ3v) is 5.75. The zero-order valence-electron chi connectivity index (χ0n) is 17.9. The minimum Gasteiger partial charge on any atom is -0.497 e. The number of rotatable bonds is 6. The van der Waals surface area contributed by atoms with Gasteiger partial charge in [0.05, 0.1) is 32.1 Å². The summed E-state index contributed by atoms with van der Waals surface area (Å²) in [5, 5.41) is 5.78. The van der Waals surface area contributed by atoms with Gasteiger partial charge < -0.3 is 14.3 Å². The molecule has 0 fully saturated rings. The van der Waals surface area contributed by atoms with Crippen LogP contribution in [0.5, 0.6) is 11.5 Å². The van der Waals surface area contributed by atoms with Gasteiger partial charge in [-0.05, 0) is 36.2 Å². The van der Waals surface area contributed by atoms with Crippen molar-refractivity contribution in [3.8, 4) is 22.8 Å². The van der Waals surface area contributed by atoms with Crippen LogP contribution in [0.15, 0.2) is 41.8 Å². The third-order valence-electron chi connectivity index (χ3n) is 4.99. The lowest BCUT2D eigenvalue weighted by atomic mass is 10.1. The van der Waals surface area contributed by atoms with Gasteiger partial charge in [0.1, 0.15) is 11.5 Å². The van der Waals surface area contributed by atoms with Crippen molar-refractivity contribution in [2.45, 2.75) is 12.6 Å². The topological polar surface area (TPSA) is 90.0 Å². The Morgan fingerprint density at radius 3 is 2.44 bits per heavy atom. The van der Waals surface area contributed by atoms with Gasteiger partial charge in [-0.3, -0.25) is 10.1 Å². The first-order chi connectivity index (χ1) is 16.2. The fourth-order valence-corrected chi connectivity index (χ4v) is 4.06. The molecule has 0 spiro atoms. The third kappa shape index (κ3) is 4.91. The number of amides is 1. The molecule has 3 aromatic rings. The van der Waals surface area contributed by atoms with Gasteiger partial charge in [-0.1, -0.05) is 6.07 Å². The largest absolute Gasteiger partial charge is 0.497 e. The molecular weight excluding hydrogens is 475 g/mol. The standard InChI is InChI=1S/C22H18F3N3O5S/c1-31-15-8-14(9-16(10-15)32-2)19(29)27-21-26-17(11-34-21)12-3-4-18-13(7-12)5-6-28(18)33-20(30)22(23,24)25/h3-4,7-11H,5-6H2,1-2H3,(H,26,27,29). The number of alkyl halides is 3. The van der Waals surface area contributed by atoms with Crippen LogP contribution in [0.2, 0.25) is 0 Å². The highest BCUT2D eigenvalue weighted by molar-refractivity contribution is 7.14. The smallest absolute Gasteiger partial charge is 0.493 e. The van der Waals surface area contributed by atoms with Crippen molar-refractivity contribution < 1.29 is 37.1 Å².